The maximum atomic E-state index is 6.07. The molecule has 0 saturated carbocycles. The highest BCUT2D eigenvalue weighted by molar-refractivity contribution is 6.29. The van der Waals surface area contributed by atoms with Crippen LogP contribution in [0.4, 0.5) is 5.82 Å². The van der Waals surface area contributed by atoms with E-state index in [0.717, 1.165) is 25.5 Å². The van der Waals surface area contributed by atoms with Crippen LogP contribution in [-0.4, -0.2) is 54.2 Å². The third-order valence-corrected chi connectivity index (χ3v) is 3.64. The van der Waals surface area contributed by atoms with E-state index < -0.39 is 0 Å². The Bertz CT molecular complexity index is 429. The van der Waals surface area contributed by atoms with Gasteiger partial charge in [-0.25, -0.2) is 9.97 Å². The van der Waals surface area contributed by atoms with E-state index in [1.54, 1.807) is 0 Å². The molecule has 0 radical (unpaired) electrons. The summed E-state index contributed by atoms with van der Waals surface area (Å²) in [6.07, 6.45) is 0. The highest BCUT2D eigenvalue weighted by atomic mass is 35.5. The first kappa shape index (κ1) is 14.5. The summed E-state index contributed by atoms with van der Waals surface area (Å²) in [6.45, 7) is 8.18. The van der Waals surface area contributed by atoms with Crippen LogP contribution < -0.4 is 4.90 Å². The molecule has 5 nitrogen and oxygen atoms in total. The number of anilines is 1. The number of hydrogen-bond donors (Lipinski definition) is 0. The van der Waals surface area contributed by atoms with Gasteiger partial charge in [0.1, 0.15) is 17.6 Å². The number of piperazine rings is 1. The molecule has 0 amide bonds. The Balaban J connectivity index is 2.13. The van der Waals surface area contributed by atoms with E-state index in [-0.39, 0.29) is 0 Å². The van der Waals surface area contributed by atoms with Gasteiger partial charge in [0.2, 0.25) is 0 Å². The van der Waals surface area contributed by atoms with Crippen molar-refractivity contribution in [1.82, 2.24) is 14.9 Å². The number of halogens is 1. The van der Waals surface area contributed by atoms with Crippen LogP contribution in [0.2, 0.25) is 5.15 Å². The molecule has 6 heteroatoms. The van der Waals surface area contributed by atoms with Crippen LogP contribution in [0.3, 0.4) is 0 Å². The molecule has 1 aliphatic heterocycles. The molecule has 1 aromatic rings. The molecule has 1 fully saturated rings. The van der Waals surface area contributed by atoms with Crippen LogP contribution in [0.25, 0.3) is 0 Å². The second-order valence-corrected chi connectivity index (χ2v) is 5.27. The van der Waals surface area contributed by atoms with Crippen LogP contribution in [0.1, 0.15) is 19.7 Å². The summed E-state index contributed by atoms with van der Waals surface area (Å²) in [5.41, 5.74) is 0. The molecule has 1 atom stereocenters. The fourth-order valence-electron chi connectivity index (χ4n) is 2.13. The number of likely N-dealkylation sites (N-methyl/N-ethyl adjacent to an activating group) is 1. The predicted octanol–water partition coefficient (Wildman–Crippen LogP) is 1.81. The lowest BCUT2D eigenvalue weighted by Gasteiger charge is -2.38. The molecule has 1 aliphatic rings. The zero-order valence-corrected chi connectivity index (χ0v) is 12.5. The molecular weight excluding hydrogens is 264 g/mol. The second kappa shape index (κ2) is 6.50. The first-order valence-electron chi connectivity index (χ1n) is 6.66. The maximum Gasteiger partial charge on any atom is 0.158 e. The van der Waals surface area contributed by atoms with Crippen LogP contribution in [-0.2, 0) is 11.3 Å². The maximum absolute atomic E-state index is 6.07. The largest absolute Gasteiger partial charge is 0.374 e. The minimum atomic E-state index is 0.410. The van der Waals surface area contributed by atoms with Gasteiger partial charge in [0.15, 0.2) is 5.82 Å². The van der Waals surface area contributed by atoms with Crippen molar-refractivity contribution >= 4 is 17.4 Å². The lowest BCUT2D eigenvalue weighted by Crippen LogP contribution is -2.50. The van der Waals surface area contributed by atoms with Gasteiger partial charge in [-0.3, -0.25) is 0 Å². The number of aromatic nitrogens is 2. The quantitative estimate of drug-likeness (QED) is 0.789. The topological polar surface area (TPSA) is 41.5 Å². The van der Waals surface area contributed by atoms with E-state index >= 15 is 0 Å². The number of nitrogens with zero attached hydrogens (tertiary/aromatic N) is 4. The molecule has 0 N–H and O–H groups in total. The summed E-state index contributed by atoms with van der Waals surface area (Å²) in [5.74, 6) is 1.55. The smallest absolute Gasteiger partial charge is 0.158 e. The van der Waals surface area contributed by atoms with E-state index in [4.69, 9.17) is 16.3 Å². The van der Waals surface area contributed by atoms with Crippen molar-refractivity contribution in [2.45, 2.75) is 26.5 Å². The van der Waals surface area contributed by atoms with E-state index in [2.05, 4.69) is 33.7 Å². The zero-order chi connectivity index (χ0) is 13.8. The van der Waals surface area contributed by atoms with Crippen LogP contribution in [0.15, 0.2) is 6.07 Å². The van der Waals surface area contributed by atoms with Crippen molar-refractivity contribution in [3.63, 3.8) is 0 Å². The van der Waals surface area contributed by atoms with Gasteiger partial charge < -0.3 is 14.5 Å². The standard InChI is InChI=1S/C13H21ClN4O/c1-4-19-9-12-15-11(14)7-13(16-12)18-6-5-17(3)10(2)8-18/h7,10H,4-6,8-9H2,1-3H3. The fraction of sp³-hybridized carbons (Fsp3) is 0.692. The van der Waals surface area contributed by atoms with Crippen molar-refractivity contribution in [3.05, 3.63) is 17.0 Å². The van der Waals surface area contributed by atoms with E-state index in [1.807, 2.05) is 13.0 Å². The summed E-state index contributed by atoms with van der Waals surface area (Å²) in [4.78, 5) is 13.3. The predicted molar refractivity (Wildman–Crippen MR) is 76.7 cm³/mol. The molecule has 0 spiro atoms. The second-order valence-electron chi connectivity index (χ2n) is 4.88. The minimum Gasteiger partial charge on any atom is -0.374 e. The Morgan fingerprint density at radius 3 is 2.89 bits per heavy atom. The lowest BCUT2D eigenvalue weighted by molar-refractivity contribution is 0.128. The highest BCUT2D eigenvalue weighted by Crippen LogP contribution is 2.19. The summed E-state index contributed by atoms with van der Waals surface area (Å²) in [7, 11) is 2.15. The molecule has 19 heavy (non-hydrogen) atoms. The van der Waals surface area contributed by atoms with E-state index in [0.29, 0.717) is 30.2 Å². The molecule has 1 aromatic heterocycles. The Kier molecular flexibility index (Phi) is 4.96. The molecule has 0 aliphatic carbocycles. The number of ether oxygens (including phenoxy) is 1. The minimum absolute atomic E-state index is 0.410. The Morgan fingerprint density at radius 2 is 2.21 bits per heavy atom. The van der Waals surface area contributed by atoms with Crippen molar-refractivity contribution in [1.29, 1.82) is 0 Å². The Hall–Kier alpha value is -0.910. The summed E-state index contributed by atoms with van der Waals surface area (Å²) < 4.78 is 5.34. The van der Waals surface area contributed by atoms with E-state index in [1.165, 1.54) is 0 Å². The Morgan fingerprint density at radius 1 is 1.42 bits per heavy atom. The first-order valence-corrected chi connectivity index (χ1v) is 7.04. The van der Waals surface area contributed by atoms with Crippen molar-refractivity contribution in [3.8, 4) is 0 Å². The molecule has 0 bridgehead atoms. The molecular formula is C13H21ClN4O. The SMILES string of the molecule is CCOCc1nc(Cl)cc(N2CCN(C)C(C)C2)n1. The Labute approximate surface area is 119 Å². The van der Waals surface area contributed by atoms with E-state index in [9.17, 15) is 0 Å². The first-order chi connectivity index (χ1) is 9.10. The normalized spacial score (nSPS) is 20.8. The van der Waals surface area contributed by atoms with Gasteiger partial charge in [-0.05, 0) is 20.9 Å². The summed E-state index contributed by atoms with van der Waals surface area (Å²) in [5, 5.41) is 0.478. The molecule has 0 aromatic carbocycles. The molecule has 2 rings (SSSR count). The van der Waals surface area contributed by atoms with Crippen LogP contribution >= 0.6 is 11.6 Å². The average molecular weight is 285 g/mol. The van der Waals surface area contributed by atoms with Crippen LogP contribution in [0, 0.1) is 0 Å². The fourth-order valence-corrected chi connectivity index (χ4v) is 2.32. The molecule has 1 saturated heterocycles. The van der Waals surface area contributed by atoms with Crippen LogP contribution in [0.5, 0.6) is 0 Å². The molecule has 1 unspecified atom stereocenters. The third kappa shape index (κ3) is 3.78. The van der Waals surface area contributed by atoms with Gasteiger partial charge >= 0.3 is 0 Å². The number of hydrogen-bond acceptors (Lipinski definition) is 5. The van der Waals surface area contributed by atoms with Gasteiger partial charge in [0.05, 0.1) is 0 Å². The zero-order valence-electron chi connectivity index (χ0n) is 11.8. The van der Waals surface area contributed by atoms with Gasteiger partial charge in [0, 0.05) is 38.3 Å². The monoisotopic (exact) mass is 284 g/mol. The number of rotatable bonds is 4. The van der Waals surface area contributed by atoms with Gasteiger partial charge in [-0.15, -0.1) is 0 Å². The van der Waals surface area contributed by atoms with Crippen molar-refractivity contribution in [2.24, 2.45) is 0 Å². The summed E-state index contributed by atoms with van der Waals surface area (Å²) in [6, 6.07) is 2.34. The highest BCUT2D eigenvalue weighted by Gasteiger charge is 2.22. The van der Waals surface area contributed by atoms with Crippen molar-refractivity contribution < 1.29 is 4.74 Å². The third-order valence-electron chi connectivity index (χ3n) is 3.45. The van der Waals surface area contributed by atoms with Gasteiger partial charge in [-0.2, -0.15) is 0 Å². The molecule has 2 heterocycles. The summed E-state index contributed by atoms with van der Waals surface area (Å²) >= 11 is 6.07. The average Bonchev–Trinajstić information content (AvgIpc) is 2.39. The van der Waals surface area contributed by atoms with Gasteiger partial charge in [-0.1, -0.05) is 11.6 Å². The van der Waals surface area contributed by atoms with Crippen molar-refractivity contribution in [2.75, 3.05) is 38.2 Å². The lowest BCUT2D eigenvalue weighted by atomic mass is 10.2. The van der Waals surface area contributed by atoms with Gasteiger partial charge in [0.25, 0.3) is 0 Å². The molecule has 106 valence electrons.